The molecule has 17 heteroatoms. The summed E-state index contributed by atoms with van der Waals surface area (Å²) in [5, 5.41) is 13.1. The molecule has 0 radical (unpaired) electrons. The first-order chi connectivity index (χ1) is 19.3. The minimum Gasteiger partial charge on any atom is -0.490 e. The molecule has 2 heterocycles. The highest BCUT2D eigenvalue weighted by atomic mass is 32.3. The number of anilines is 1. The SMILES string of the molecule is CC1(C)C(CC(=O)/C(=N\OCCOc2ccc(C(N)=NCCCC=N)cc2)c2csc(N)n2)C(=O)N1OS(=O)(=O)O. The molecule has 1 unspecified atom stereocenters. The monoisotopic (exact) mass is 609 g/mol. The predicted octanol–water partition coefficient (Wildman–Crippen LogP) is 1.59. The number of hydrogen-bond acceptors (Lipinski definition) is 13. The van der Waals surface area contributed by atoms with Crippen LogP contribution in [0.15, 0.2) is 39.8 Å². The summed E-state index contributed by atoms with van der Waals surface area (Å²) in [6.45, 7) is 3.56. The average Bonchev–Trinajstić information content (AvgIpc) is 3.35. The lowest BCUT2D eigenvalue weighted by molar-refractivity contribution is -0.228. The molecule has 15 nitrogen and oxygen atoms in total. The number of amidine groups is 1. The van der Waals surface area contributed by atoms with Crippen molar-refractivity contribution in [2.45, 2.75) is 38.6 Å². The molecular formula is C24H31N7O8S2. The second-order valence-electron chi connectivity index (χ2n) is 9.30. The number of carbonyl (C=O) groups excluding carboxylic acids is 2. The first-order valence-electron chi connectivity index (χ1n) is 12.3. The van der Waals surface area contributed by atoms with Crippen LogP contribution in [-0.2, 0) is 29.1 Å². The van der Waals surface area contributed by atoms with E-state index in [4.69, 9.17) is 31.0 Å². The molecule has 0 aliphatic carbocycles. The maximum Gasteiger partial charge on any atom is 0.418 e. The smallest absolute Gasteiger partial charge is 0.418 e. The molecule has 41 heavy (non-hydrogen) atoms. The summed E-state index contributed by atoms with van der Waals surface area (Å²) in [6.07, 6.45) is 2.38. The molecular weight excluding hydrogens is 578 g/mol. The number of nitrogens with one attached hydrogen (secondary N) is 1. The molecule has 6 N–H and O–H groups in total. The fourth-order valence-corrected chi connectivity index (χ4v) is 4.80. The summed E-state index contributed by atoms with van der Waals surface area (Å²) in [5.74, 6) is -1.41. The van der Waals surface area contributed by atoms with E-state index < -0.39 is 33.5 Å². The number of oxime groups is 1. The molecule has 1 aromatic heterocycles. The maximum atomic E-state index is 13.1. The van der Waals surface area contributed by atoms with Crippen LogP contribution >= 0.6 is 11.3 Å². The van der Waals surface area contributed by atoms with Gasteiger partial charge in [-0.2, -0.15) is 13.5 Å². The van der Waals surface area contributed by atoms with Gasteiger partial charge in [0.25, 0.3) is 5.91 Å². The molecule has 1 atom stereocenters. The number of aliphatic imine (C=N–C) groups is 1. The number of nitrogens with zero attached hydrogens (tertiary/aromatic N) is 4. The zero-order chi connectivity index (χ0) is 30.2. The van der Waals surface area contributed by atoms with Crippen molar-refractivity contribution < 1.29 is 36.4 Å². The van der Waals surface area contributed by atoms with Crippen LogP contribution in [0.1, 0.15) is 44.4 Å². The Labute approximate surface area is 240 Å². The summed E-state index contributed by atoms with van der Waals surface area (Å²) in [5.41, 5.74) is 11.2. The van der Waals surface area contributed by atoms with Gasteiger partial charge in [0.15, 0.2) is 23.2 Å². The quantitative estimate of drug-likeness (QED) is 0.0532. The van der Waals surface area contributed by atoms with Crippen LogP contribution in [0.25, 0.3) is 0 Å². The number of amides is 1. The Morgan fingerprint density at radius 1 is 1.29 bits per heavy atom. The Bertz CT molecular complexity index is 1420. The van der Waals surface area contributed by atoms with E-state index in [1.807, 2.05) is 0 Å². The lowest BCUT2D eigenvalue weighted by Crippen LogP contribution is -2.68. The number of nitrogens with two attached hydrogens (primary N) is 2. The number of hydrogen-bond donors (Lipinski definition) is 4. The molecule has 2 aromatic rings. The van der Waals surface area contributed by atoms with Crippen molar-refractivity contribution in [3.63, 3.8) is 0 Å². The molecule has 1 aliphatic rings. The Kier molecular flexibility index (Phi) is 10.5. The van der Waals surface area contributed by atoms with Crippen LogP contribution in [0.3, 0.4) is 0 Å². The molecule has 1 saturated heterocycles. The number of benzene rings is 1. The molecule has 1 aromatic carbocycles. The zero-order valence-corrected chi connectivity index (χ0v) is 24.0. The van der Waals surface area contributed by atoms with Crippen molar-refractivity contribution in [1.29, 1.82) is 5.41 Å². The number of rotatable bonds is 16. The molecule has 1 fully saturated rings. The van der Waals surface area contributed by atoms with E-state index in [2.05, 4.69) is 19.4 Å². The number of hydroxylamine groups is 2. The number of aromatic nitrogens is 1. The van der Waals surface area contributed by atoms with Crippen molar-refractivity contribution in [3.8, 4) is 5.75 Å². The van der Waals surface area contributed by atoms with Crippen molar-refractivity contribution in [1.82, 2.24) is 10.0 Å². The number of unbranched alkanes of at least 4 members (excludes halogenated alkanes) is 1. The molecule has 222 valence electrons. The van der Waals surface area contributed by atoms with Gasteiger partial charge >= 0.3 is 10.4 Å². The fourth-order valence-electron chi connectivity index (χ4n) is 3.80. The van der Waals surface area contributed by atoms with Crippen molar-refractivity contribution in [2.75, 3.05) is 25.5 Å². The summed E-state index contributed by atoms with van der Waals surface area (Å²) in [7, 11) is -4.92. The number of thiazole rings is 1. The van der Waals surface area contributed by atoms with Gasteiger partial charge in [-0.15, -0.1) is 15.6 Å². The van der Waals surface area contributed by atoms with Crippen LogP contribution in [0.2, 0.25) is 0 Å². The molecule has 1 aliphatic heterocycles. The lowest BCUT2D eigenvalue weighted by atomic mass is 9.74. The number of β-lactam (4-membered cyclic amide) rings is 1. The molecule has 3 rings (SSSR count). The molecule has 0 bridgehead atoms. The van der Waals surface area contributed by atoms with E-state index in [0.29, 0.717) is 29.6 Å². The first-order valence-corrected chi connectivity index (χ1v) is 14.6. The number of nitrogen functional groups attached to an aromatic ring is 1. The van der Waals surface area contributed by atoms with Gasteiger partial charge in [-0.1, -0.05) is 5.16 Å². The van der Waals surface area contributed by atoms with Gasteiger partial charge in [0.1, 0.15) is 23.9 Å². The van der Waals surface area contributed by atoms with Crippen LogP contribution in [0.5, 0.6) is 5.75 Å². The van der Waals surface area contributed by atoms with Crippen molar-refractivity contribution in [2.24, 2.45) is 21.8 Å². The average molecular weight is 610 g/mol. The van der Waals surface area contributed by atoms with Crippen molar-refractivity contribution in [3.05, 3.63) is 40.9 Å². The minimum absolute atomic E-state index is 0.0292. The van der Waals surface area contributed by atoms with Crippen LogP contribution < -0.4 is 16.2 Å². The number of carbonyl (C=O) groups is 2. The standard InChI is InChI=1S/C24H31N7O8S2/c1-24(2)17(22(33)31(24)39-41(34,35)36)13-19(32)20(18-14-40-23(27)29-18)30-38-12-11-37-16-7-5-15(6-8-16)21(26)28-10-4-3-9-25/h5-9,14,17,25H,3-4,10-13H2,1-2H3,(H2,26,28)(H2,27,29)(H,34,35,36)/b25-9?,30-20-. The van der Waals surface area contributed by atoms with E-state index in [1.54, 1.807) is 24.3 Å². The van der Waals surface area contributed by atoms with E-state index in [1.165, 1.54) is 25.4 Å². The van der Waals surface area contributed by atoms with Gasteiger partial charge in [0.05, 0.1) is 11.5 Å². The van der Waals surface area contributed by atoms with Crippen LogP contribution in [0.4, 0.5) is 5.13 Å². The van der Waals surface area contributed by atoms with Gasteiger partial charge in [0.2, 0.25) is 0 Å². The molecule has 1 amide bonds. The van der Waals surface area contributed by atoms with Gasteiger partial charge in [0, 0.05) is 23.9 Å². The lowest BCUT2D eigenvalue weighted by Gasteiger charge is -2.50. The zero-order valence-electron chi connectivity index (χ0n) is 22.3. The third-order valence-electron chi connectivity index (χ3n) is 6.00. The second kappa shape index (κ2) is 13.6. The highest BCUT2D eigenvalue weighted by Gasteiger charge is 2.57. The Balaban J connectivity index is 1.57. The largest absolute Gasteiger partial charge is 0.490 e. The first kappa shape index (κ1) is 31.6. The summed E-state index contributed by atoms with van der Waals surface area (Å²) in [4.78, 5) is 39.2. The number of ether oxygens (including phenoxy) is 1. The Morgan fingerprint density at radius 2 is 2.00 bits per heavy atom. The summed E-state index contributed by atoms with van der Waals surface area (Å²) < 4.78 is 40.9. The predicted molar refractivity (Wildman–Crippen MR) is 151 cm³/mol. The van der Waals surface area contributed by atoms with E-state index >= 15 is 0 Å². The minimum atomic E-state index is -4.92. The van der Waals surface area contributed by atoms with Gasteiger partial charge in [-0.05, 0) is 57.2 Å². The Hall–Kier alpha value is -3.93. The van der Waals surface area contributed by atoms with Gasteiger partial charge < -0.3 is 26.5 Å². The second-order valence-corrected chi connectivity index (χ2v) is 11.2. The normalized spacial score (nSPS) is 17.2. The molecule has 0 saturated carbocycles. The third-order valence-corrected chi connectivity index (χ3v) is 7.01. The summed E-state index contributed by atoms with van der Waals surface area (Å²) >= 11 is 1.08. The van der Waals surface area contributed by atoms with Crippen LogP contribution in [0, 0.1) is 11.3 Å². The molecule has 0 spiro atoms. The van der Waals surface area contributed by atoms with E-state index in [-0.39, 0.29) is 36.2 Å². The summed E-state index contributed by atoms with van der Waals surface area (Å²) in [6, 6.07) is 6.97. The van der Waals surface area contributed by atoms with Gasteiger partial charge in [-0.3, -0.25) is 19.1 Å². The maximum absolute atomic E-state index is 13.1. The highest BCUT2D eigenvalue weighted by molar-refractivity contribution is 7.80. The third kappa shape index (κ3) is 8.53. The van der Waals surface area contributed by atoms with E-state index in [9.17, 15) is 18.0 Å². The van der Waals surface area contributed by atoms with E-state index in [0.717, 1.165) is 23.3 Å². The Morgan fingerprint density at radius 3 is 2.59 bits per heavy atom. The number of ketones is 1. The van der Waals surface area contributed by atoms with Crippen LogP contribution in [-0.4, -0.2) is 77.8 Å². The highest BCUT2D eigenvalue weighted by Crippen LogP contribution is 2.40. The fraction of sp³-hybridized carbons (Fsp3) is 0.417. The van der Waals surface area contributed by atoms with Gasteiger partial charge in [-0.25, -0.2) is 4.98 Å². The number of Topliss-reactive ketones (excluding diaryl/α,β-unsaturated/α-hetero) is 1. The topological polar surface area (TPSA) is 233 Å². The van der Waals surface area contributed by atoms with Crippen molar-refractivity contribution >= 4 is 56.3 Å².